The Kier molecular flexibility index (Phi) is 4.90. The fourth-order valence-electron chi connectivity index (χ4n) is 3.04. The number of aryl methyl sites for hydroxylation is 1. The average Bonchev–Trinajstić information content (AvgIpc) is 3.19. The minimum Gasteiger partial charge on any atom is -0.347 e. The molecular formula is C17H23N5O. The first-order chi connectivity index (χ1) is 11.2. The number of rotatable bonds is 4. The van der Waals surface area contributed by atoms with Crippen molar-refractivity contribution in [2.45, 2.75) is 26.3 Å². The highest BCUT2D eigenvalue weighted by Gasteiger charge is 2.25. The Morgan fingerprint density at radius 1 is 1.39 bits per heavy atom. The fraction of sp³-hybridized carbons (Fsp3) is 0.471. The maximum atomic E-state index is 5.12. The van der Waals surface area contributed by atoms with Crippen LogP contribution in [0.4, 0.5) is 0 Å². The molecule has 1 aliphatic heterocycles. The molecule has 0 spiro atoms. The number of hydrogen-bond acceptors (Lipinski definition) is 4. The zero-order valence-electron chi connectivity index (χ0n) is 13.7. The van der Waals surface area contributed by atoms with E-state index < -0.39 is 0 Å². The molecule has 6 nitrogen and oxygen atoms in total. The summed E-state index contributed by atoms with van der Waals surface area (Å²) < 4.78 is 5.12. The molecule has 3 rings (SSSR count). The number of nitrogens with one attached hydrogen (secondary N) is 1. The monoisotopic (exact) mass is 313 g/mol. The summed E-state index contributed by atoms with van der Waals surface area (Å²) in [6.45, 7) is 4.38. The van der Waals surface area contributed by atoms with Crippen LogP contribution >= 0.6 is 0 Å². The van der Waals surface area contributed by atoms with E-state index in [1.165, 1.54) is 12.0 Å². The van der Waals surface area contributed by atoms with Gasteiger partial charge in [-0.25, -0.2) is 0 Å². The summed E-state index contributed by atoms with van der Waals surface area (Å²) in [6, 6.07) is 10.7. The van der Waals surface area contributed by atoms with Crippen LogP contribution in [0.2, 0.25) is 0 Å². The van der Waals surface area contributed by atoms with Gasteiger partial charge in [0.1, 0.15) is 0 Å². The van der Waals surface area contributed by atoms with Crippen molar-refractivity contribution in [3.05, 3.63) is 47.6 Å². The molecule has 1 aromatic carbocycles. The molecule has 1 atom stereocenters. The van der Waals surface area contributed by atoms with E-state index in [9.17, 15) is 0 Å². The van der Waals surface area contributed by atoms with Gasteiger partial charge >= 0.3 is 0 Å². The van der Waals surface area contributed by atoms with Gasteiger partial charge in [0.15, 0.2) is 11.8 Å². The quantitative estimate of drug-likeness (QED) is 0.691. The summed E-state index contributed by atoms with van der Waals surface area (Å²) in [7, 11) is 1.81. The molecule has 6 heteroatoms. The van der Waals surface area contributed by atoms with Crippen molar-refractivity contribution in [1.29, 1.82) is 0 Å². The van der Waals surface area contributed by atoms with Crippen LogP contribution in [0.1, 0.15) is 23.7 Å². The number of likely N-dealkylation sites (tertiary alicyclic amines) is 1. The molecule has 1 N–H and O–H groups in total. The third-order valence-electron chi connectivity index (χ3n) is 4.13. The number of aromatic nitrogens is 2. The fourth-order valence-corrected chi connectivity index (χ4v) is 3.04. The van der Waals surface area contributed by atoms with Crippen molar-refractivity contribution in [2.75, 3.05) is 20.1 Å². The average molecular weight is 313 g/mol. The Bertz CT molecular complexity index is 652. The van der Waals surface area contributed by atoms with E-state index in [-0.39, 0.29) is 0 Å². The lowest BCUT2D eigenvalue weighted by atomic mass is 9.99. The smallest absolute Gasteiger partial charge is 0.246 e. The number of nitrogens with zero attached hydrogens (tertiary/aromatic N) is 4. The maximum absolute atomic E-state index is 5.12. The molecule has 1 saturated heterocycles. The first-order valence-electron chi connectivity index (χ1n) is 8.03. The second-order valence-corrected chi connectivity index (χ2v) is 5.93. The van der Waals surface area contributed by atoms with Crippen molar-refractivity contribution in [2.24, 2.45) is 10.9 Å². The Balaban J connectivity index is 1.52. The van der Waals surface area contributed by atoms with Gasteiger partial charge in [-0.1, -0.05) is 35.5 Å². The van der Waals surface area contributed by atoms with Gasteiger partial charge < -0.3 is 14.7 Å². The molecule has 122 valence electrons. The standard InChI is InChI=1S/C17H23N5O/c1-13-20-16(23-21-13)11-19-17(18-2)22-9-8-15(12-22)10-14-6-4-3-5-7-14/h3-7,15H,8-12H2,1-2H3,(H,18,19). The summed E-state index contributed by atoms with van der Waals surface area (Å²) in [5.74, 6) is 2.81. The summed E-state index contributed by atoms with van der Waals surface area (Å²) in [6.07, 6.45) is 2.31. The first-order valence-corrected chi connectivity index (χ1v) is 8.03. The van der Waals surface area contributed by atoms with Gasteiger partial charge in [0.05, 0.1) is 6.54 Å². The molecule has 0 amide bonds. The molecule has 0 saturated carbocycles. The molecule has 1 fully saturated rings. The second kappa shape index (κ2) is 7.26. The Morgan fingerprint density at radius 2 is 2.22 bits per heavy atom. The van der Waals surface area contributed by atoms with Crippen molar-refractivity contribution < 1.29 is 4.52 Å². The van der Waals surface area contributed by atoms with E-state index in [4.69, 9.17) is 4.52 Å². The predicted octanol–water partition coefficient (Wildman–Crippen LogP) is 2.02. The van der Waals surface area contributed by atoms with E-state index in [0.29, 0.717) is 24.2 Å². The Hall–Kier alpha value is -2.37. The van der Waals surface area contributed by atoms with Crippen molar-refractivity contribution in [1.82, 2.24) is 20.4 Å². The lowest BCUT2D eigenvalue weighted by Gasteiger charge is -2.21. The van der Waals surface area contributed by atoms with E-state index in [2.05, 4.69) is 55.7 Å². The summed E-state index contributed by atoms with van der Waals surface area (Å²) >= 11 is 0. The minimum absolute atomic E-state index is 0.507. The van der Waals surface area contributed by atoms with Crippen molar-refractivity contribution in [3.63, 3.8) is 0 Å². The molecule has 23 heavy (non-hydrogen) atoms. The van der Waals surface area contributed by atoms with Gasteiger partial charge in [0.25, 0.3) is 0 Å². The van der Waals surface area contributed by atoms with Gasteiger partial charge in [-0.3, -0.25) is 4.99 Å². The van der Waals surface area contributed by atoms with E-state index in [1.807, 2.05) is 14.0 Å². The summed E-state index contributed by atoms with van der Waals surface area (Å²) in [5, 5.41) is 7.10. The van der Waals surface area contributed by atoms with E-state index in [1.54, 1.807) is 0 Å². The number of guanidine groups is 1. The van der Waals surface area contributed by atoms with Gasteiger partial charge in [0.2, 0.25) is 5.89 Å². The molecular weight excluding hydrogens is 290 g/mol. The van der Waals surface area contributed by atoms with Crippen LogP contribution < -0.4 is 5.32 Å². The number of benzene rings is 1. The third-order valence-corrected chi connectivity index (χ3v) is 4.13. The minimum atomic E-state index is 0.507. The second-order valence-electron chi connectivity index (χ2n) is 5.93. The highest BCUT2D eigenvalue weighted by atomic mass is 16.5. The maximum Gasteiger partial charge on any atom is 0.246 e. The lowest BCUT2D eigenvalue weighted by molar-refractivity contribution is 0.367. The molecule has 0 bridgehead atoms. The van der Waals surface area contributed by atoms with Gasteiger partial charge in [-0.2, -0.15) is 4.98 Å². The summed E-state index contributed by atoms with van der Waals surface area (Å²) in [5.41, 5.74) is 1.41. The molecule has 0 radical (unpaired) electrons. The van der Waals surface area contributed by atoms with Crippen molar-refractivity contribution in [3.8, 4) is 0 Å². The number of aliphatic imine (C=N–C) groups is 1. The highest BCUT2D eigenvalue weighted by Crippen LogP contribution is 2.20. The van der Waals surface area contributed by atoms with Gasteiger partial charge in [0, 0.05) is 20.1 Å². The SMILES string of the molecule is CN=C(NCc1nc(C)no1)N1CCC(Cc2ccccc2)C1. The molecule has 2 heterocycles. The van der Waals surface area contributed by atoms with Gasteiger partial charge in [-0.05, 0) is 31.2 Å². The van der Waals surface area contributed by atoms with Crippen LogP contribution in [-0.2, 0) is 13.0 Å². The highest BCUT2D eigenvalue weighted by molar-refractivity contribution is 5.80. The first kappa shape index (κ1) is 15.5. The van der Waals surface area contributed by atoms with Crippen LogP contribution in [0.15, 0.2) is 39.8 Å². The molecule has 1 aromatic heterocycles. The van der Waals surface area contributed by atoms with E-state index in [0.717, 1.165) is 25.5 Å². The van der Waals surface area contributed by atoms with Crippen LogP contribution in [0.25, 0.3) is 0 Å². The Labute approximate surface area is 136 Å². The van der Waals surface area contributed by atoms with Crippen LogP contribution in [0, 0.1) is 12.8 Å². The van der Waals surface area contributed by atoms with Crippen LogP contribution in [-0.4, -0.2) is 41.1 Å². The topological polar surface area (TPSA) is 66.5 Å². The van der Waals surface area contributed by atoms with Crippen molar-refractivity contribution >= 4 is 5.96 Å². The molecule has 2 aromatic rings. The number of hydrogen-bond donors (Lipinski definition) is 1. The summed E-state index contributed by atoms with van der Waals surface area (Å²) in [4.78, 5) is 10.9. The van der Waals surface area contributed by atoms with Crippen LogP contribution in [0.5, 0.6) is 0 Å². The lowest BCUT2D eigenvalue weighted by Crippen LogP contribution is -2.39. The molecule has 0 aliphatic carbocycles. The predicted molar refractivity (Wildman–Crippen MR) is 89.1 cm³/mol. The Morgan fingerprint density at radius 3 is 2.91 bits per heavy atom. The molecule has 1 unspecified atom stereocenters. The molecule has 1 aliphatic rings. The zero-order valence-corrected chi connectivity index (χ0v) is 13.7. The van der Waals surface area contributed by atoms with E-state index >= 15 is 0 Å². The normalized spacial score (nSPS) is 18.4. The third kappa shape index (κ3) is 4.09. The largest absolute Gasteiger partial charge is 0.347 e. The van der Waals surface area contributed by atoms with Crippen LogP contribution in [0.3, 0.4) is 0 Å². The van der Waals surface area contributed by atoms with Gasteiger partial charge in [-0.15, -0.1) is 0 Å². The zero-order chi connectivity index (χ0) is 16.1.